The third-order valence-electron chi connectivity index (χ3n) is 6.30. The van der Waals surface area contributed by atoms with Gasteiger partial charge >= 0.3 is 0 Å². The Morgan fingerprint density at radius 3 is 2.55 bits per heavy atom. The van der Waals surface area contributed by atoms with E-state index in [0.717, 1.165) is 16.5 Å². The van der Waals surface area contributed by atoms with E-state index in [1.807, 2.05) is 30.3 Å². The highest BCUT2D eigenvalue weighted by Crippen LogP contribution is 2.36. The number of rotatable bonds is 3. The molecule has 3 aromatic rings. The van der Waals surface area contributed by atoms with Gasteiger partial charge in [0.2, 0.25) is 0 Å². The van der Waals surface area contributed by atoms with Gasteiger partial charge < -0.3 is 24.4 Å². The van der Waals surface area contributed by atoms with Crippen molar-refractivity contribution in [1.82, 2.24) is 10.2 Å². The van der Waals surface area contributed by atoms with Gasteiger partial charge in [0.25, 0.3) is 11.8 Å². The van der Waals surface area contributed by atoms with Crippen molar-refractivity contribution in [3.8, 4) is 17.2 Å². The molecule has 2 aliphatic rings. The smallest absolute Gasteiger partial charge is 0.258 e. The molecule has 7 nitrogen and oxygen atoms in total. The number of nitrogens with zero attached hydrogens (tertiary/aromatic N) is 1. The minimum absolute atomic E-state index is 0.124. The van der Waals surface area contributed by atoms with E-state index in [2.05, 4.69) is 5.32 Å². The van der Waals surface area contributed by atoms with E-state index in [1.54, 1.807) is 37.3 Å². The molecule has 8 heteroatoms. The number of carbonyl (C=O) groups is 2. The number of amides is 2. The molecular formula is C25H23ClN2O5. The summed E-state index contributed by atoms with van der Waals surface area (Å²) in [5.74, 6) is 1.37. The summed E-state index contributed by atoms with van der Waals surface area (Å²) in [5, 5.41) is 5.23. The van der Waals surface area contributed by atoms with Crippen molar-refractivity contribution < 1.29 is 23.8 Å². The molecule has 5 rings (SSSR count). The fourth-order valence-electron chi connectivity index (χ4n) is 4.54. The first-order valence-electron chi connectivity index (χ1n) is 10.7. The number of piperidine rings is 1. The van der Waals surface area contributed by atoms with E-state index in [1.165, 1.54) is 0 Å². The van der Waals surface area contributed by atoms with Crippen LogP contribution < -0.4 is 19.5 Å². The lowest BCUT2D eigenvalue weighted by Crippen LogP contribution is -2.61. The SMILES string of the molecule is COc1cc2c(OC)cccc2cc1C(=O)N1CCC2(CC1)NC(=O)c1cc(Cl)ccc1O2. The van der Waals surface area contributed by atoms with E-state index >= 15 is 0 Å². The number of halogens is 1. The average molecular weight is 467 g/mol. The zero-order valence-electron chi connectivity index (χ0n) is 18.3. The van der Waals surface area contributed by atoms with E-state index in [4.69, 9.17) is 25.8 Å². The average Bonchev–Trinajstić information content (AvgIpc) is 2.83. The van der Waals surface area contributed by atoms with Crippen LogP contribution in [0.3, 0.4) is 0 Å². The molecule has 1 spiro atoms. The second kappa shape index (κ2) is 8.15. The van der Waals surface area contributed by atoms with Gasteiger partial charge in [-0.3, -0.25) is 9.59 Å². The van der Waals surface area contributed by atoms with E-state index in [9.17, 15) is 9.59 Å². The van der Waals surface area contributed by atoms with Crippen LogP contribution in [0.4, 0.5) is 0 Å². The standard InChI is InChI=1S/C25H23ClN2O5/c1-31-20-5-3-4-15-12-19(22(32-2)14-17(15)20)24(30)28-10-8-25(9-11-28)27-23(29)18-13-16(26)6-7-21(18)33-25/h3-7,12-14H,8-11H2,1-2H3,(H,27,29). The molecule has 0 atom stereocenters. The summed E-state index contributed by atoms with van der Waals surface area (Å²) >= 11 is 6.01. The lowest BCUT2D eigenvalue weighted by molar-refractivity contribution is -0.0245. The van der Waals surface area contributed by atoms with Gasteiger partial charge in [0.05, 0.1) is 25.3 Å². The van der Waals surface area contributed by atoms with E-state index in [-0.39, 0.29) is 11.8 Å². The molecule has 0 unspecified atom stereocenters. The first-order chi connectivity index (χ1) is 15.9. The number of methoxy groups -OCH3 is 2. The van der Waals surface area contributed by atoms with Crippen LogP contribution in [0.5, 0.6) is 17.2 Å². The summed E-state index contributed by atoms with van der Waals surface area (Å²) in [6.45, 7) is 0.864. The van der Waals surface area contributed by atoms with Crippen LogP contribution in [-0.4, -0.2) is 49.7 Å². The Hall–Kier alpha value is -3.45. The van der Waals surface area contributed by atoms with Gasteiger partial charge in [0.15, 0.2) is 5.72 Å². The normalized spacial score (nSPS) is 16.7. The molecule has 3 aromatic carbocycles. The number of hydrogen-bond acceptors (Lipinski definition) is 5. The Kier molecular flexibility index (Phi) is 5.29. The van der Waals surface area contributed by atoms with Crippen molar-refractivity contribution >= 4 is 34.2 Å². The maximum absolute atomic E-state index is 13.4. The number of ether oxygens (including phenoxy) is 3. The summed E-state index contributed by atoms with van der Waals surface area (Å²) in [7, 11) is 3.16. The molecule has 0 bridgehead atoms. The summed E-state index contributed by atoms with van der Waals surface area (Å²) in [4.78, 5) is 27.8. The largest absolute Gasteiger partial charge is 0.496 e. The van der Waals surface area contributed by atoms with Crippen LogP contribution in [0.2, 0.25) is 5.02 Å². The van der Waals surface area contributed by atoms with Gasteiger partial charge in [-0.2, -0.15) is 0 Å². The Morgan fingerprint density at radius 2 is 1.82 bits per heavy atom. The molecule has 170 valence electrons. The number of hydrogen-bond donors (Lipinski definition) is 1. The van der Waals surface area contributed by atoms with Crippen LogP contribution in [-0.2, 0) is 0 Å². The molecule has 0 saturated carbocycles. The Balaban J connectivity index is 1.38. The van der Waals surface area contributed by atoms with Crippen LogP contribution in [0.15, 0.2) is 48.5 Å². The van der Waals surface area contributed by atoms with E-state index in [0.29, 0.717) is 53.6 Å². The fraction of sp³-hybridized carbons (Fsp3) is 0.280. The van der Waals surface area contributed by atoms with Crippen LogP contribution in [0.1, 0.15) is 33.6 Å². The summed E-state index contributed by atoms with van der Waals surface area (Å²) in [6.07, 6.45) is 0.937. The zero-order chi connectivity index (χ0) is 23.2. The number of likely N-dealkylation sites (tertiary alicyclic amines) is 1. The minimum Gasteiger partial charge on any atom is -0.496 e. The fourth-order valence-corrected chi connectivity index (χ4v) is 4.71. The first-order valence-corrected chi connectivity index (χ1v) is 11.1. The maximum atomic E-state index is 13.4. The minimum atomic E-state index is -0.838. The molecule has 2 aliphatic heterocycles. The van der Waals surface area contributed by atoms with Crippen LogP contribution >= 0.6 is 11.6 Å². The quantitative estimate of drug-likeness (QED) is 0.624. The molecular weight excluding hydrogens is 444 g/mol. The third-order valence-corrected chi connectivity index (χ3v) is 6.54. The lowest BCUT2D eigenvalue weighted by atomic mass is 9.96. The zero-order valence-corrected chi connectivity index (χ0v) is 19.1. The Morgan fingerprint density at radius 1 is 1.06 bits per heavy atom. The second-order valence-electron chi connectivity index (χ2n) is 8.22. The molecule has 2 heterocycles. The lowest BCUT2D eigenvalue weighted by Gasteiger charge is -2.44. The van der Waals surface area contributed by atoms with Gasteiger partial charge in [-0.15, -0.1) is 0 Å². The van der Waals surface area contributed by atoms with Gasteiger partial charge in [0, 0.05) is 36.3 Å². The summed E-state index contributed by atoms with van der Waals surface area (Å²) in [5.41, 5.74) is 0.0703. The monoisotopic (exact) mass is 466 g/mol. The van der Waals surface area contributed by atoms with Crippen LogP contribution in [0, 0.1) is 0 Å². The van der Waals surface area contributed by atoms with Gasteiger partial charge in [-0.1, -0.05) is 23.7 Å². The van der Waals surface area contributed by atoms with Crippen molar-refractivity contribution in [2.45, 2.75) is 18.6 Å². The maximum Gasteiger partial charge on any atom is 0.258 e. The highest BCUT2D eigenvalue weighted by molar-refractivity contribution is 6.31. The number of carbonyl (C=O) groups excluding carboxylic acids is 2. The predicted octanol–water partition coefficient (Wildman–Crippen LogP) is 4.27. The highest BCUT2D eigenvalue weighted by Gasteiger charge is 2.43. The highest BCUT2D eigenvalue weighted by atomic mass is 35.5. The van der Waals surface area contributed by atoms with Gasteiger partial charge in [-0.05, 0) is 41.8 Å². The Bertz CT molecular complexity index is 1270. The molecule has 0 aliphatic carbocycles. The molecule has 0 aromatic heterocycles. The van der Waals surface area contributed by atoms with E-state index < -0.39 is 5.72 Å². The molecule has 2 amide bonds. The van der Waals surface area contributed by atoms with Gasteiger partial charge in [-0.25, -0.2) is 0 Å². The van der Waals surface area contributed by atoms with Gasteiger partial charge in [0.1, 0.15) is 17.2 Å². The molecule has 1 saturated heterocycles. The molecule has 1 fully saturated rings. The van der Waals surface area contributed by atoms with Crippen LogP contribution in [0.25, 0.3) is 10.8 Å². The van der Waals surface area contributed by atoms with Crippen molar-refractivity contribution in [2.24, 2.45) is 0 Å². The number of benzene rings is 3. The first kappa shape index (κ1) is 21.4. The molecule has 0 radical (unpaired) electrons. The van der Waals surface area contributed by atoms with Crippen molar-refractivity contribution in [2.75, 3.05) is 27.3 Å². The molecule has 33 heavy (non-hydrogen) atoms. The van der Waals surface area contributed by atoms with Crippen molar-refractivity contribution in [3.63, 3.8) is 0 Å². The summed E-state index contributed by atoms with van der Waals surface area (Å²) in [6, 6.07) is 14.4. The number of nitrogens with one attached hydrogen (secondary N) is 1. The van der Waals surface area contributed by atoms with Crippen molar-refractivity contribution in [1.29, 1.82) is 0 Å². The topological polar surface area (TPSA) is 77.1 Å². The predicted molar refractivity (Wildman–Crippen MR) is 124 cm³/mol. The second-order valence-corrected chi connectivity index (χ2v) is 8.65. The number of fused-ring (bicyclic) bond motifs is 2. The Labute approximate surface area is 196 Å². The third kappa shape index (κ3) is 3.72. The summed E-state index contributed by atoms with van der Waals surface area (Å²) < 4.78 is 17.2. The van der Waals surface area contributed by atoms with Crippen molar-refractivity contribution in [3.05, 3.63) is 64.7 Å². The molecule has 1 N–H and O–H groups in total.